The lowest BCUT2D eigenvalue weighted by molar-refractivity contribution is -0.129. The van der Waals surface area contributed by atoms with Crippen molar-refractivity contribution in [2.45, 2.75) is 20.4 Å². The molecule has 0 aliphatic rings. The lowest BCUT2D eigenvalue weighted by Crippen LogP contribution is -2.41. The van der Waals surface area contributed by atoms with Gasteiger partial charge in [0.2, 0.25) is 27.6 Å². The maximum Gasteiger partial charge on any atom is 0.246 e. The first-order chi connectivity index (χ1) is 13.7. The smallest absolute Gasteiger partial charge is 0.246 e. The van der Waals surface area contributed by atoms with Gasteiger partial charge in [0.1, 0.15) is 6.54 Å². The van der Waals surface area contributed by atoms with Crippen LogP contribution < -0.4 is 4.31 Å². The molecular formula is C19H22N4O4S2. The van der Waals surface area contributed by atoms with Gasteiger partial charge in [0.15, 0.2) is 0 Å². The van der Waals surface area contributed by atoms with E-state index in [1.54, 1.807) is 19.2 Å². The minimum absolute atomic E-state index is 0.0849. The van der Waals surface area contributed by atoms with Crippen LogP contribution in [-0.4, -0.2) is 49.2 Å². The molecule has 29 heavy (non-hydrogen) atoms. The van der Waals surface area contributed by atoms with Gasteiger partial charge >= 0.3 is 0 Å². The molecule has 0 spiro atoms. The molecule has 0 fully saturated rings. The lowest BCUT2D eigenvalue weighted by atomic mass is 10.1. The second-order valence-corrected chi connectivity index (χ2v) is 9.58. The fraction of sp³-hybridized carbons (Fsp3) is 0.316. The summed E-state index contributed by atoms with van der Waals surface area (Å²) in [6.07, 6.45) is 1.09. The molecule has 1 aromatic carbocycles. The number of benzene rings is 1. The van der Waals surface area contributed by atoms with Gasteiger partial charge in [-0.2, -0.15) is 4.98 Å². The van der Waals surface area contributed by atoms with Crippen LogP contribution in [0.3, 0.4) is 0 Å². The Bertz CT molecular complexity index is 1110. The van der Waals surface area contributed by atoms with E-state index < -0.39 is 10.0 Å². The summed E-state index contributed by atoms with van der Waals surface area (Å²) in [4.78, 5) is 19.3. The minimum atomic E-state index is -3.65. The van der Waals surface area contributed by atoms with Gasteiger partial charge in [0.25, 0.3) is 0 Å². The van der Waals surface area contributed by atoms with Crippen molar-refractivity contribution in [3.8, 4) is 10.7 Å². The Balaban J connectivity index is 1.75. The zero-order valence-corrected chi connectivity index (χ0v) is 18.2. The highest BCUT2D eigenvalue weighted by Gasteiger charge is 2.25. The number of sulfonamides is 1. The predicted molar refractivity (Wildman–Crippen MR) is 112 cm³/mol. The normalized spacial score (nSPS) is 11.4. The summed E-state index contributed by atoms with van der Waals surface area (Å²) in [5.74, 6) is 0.359. The number of amides is 1. The van der Waals surface area contributed by atoms with E-state index in [1.165, 1.54) is 16.2 Å². The monoisotopic (exact) mass is 434 g/mol. The summed E-state index contributed by atoms with van der Waals surface area (Å²) in [5.41, 5.74) is 2.25. The number of thiophene rings is 1. The Kier molecular flexibility index (Phi) is 6.04. The minimum Gasteiger partial charge on any atom is -0.337 e. The van der Waals surface area contributed by atoms with Crippen LogP contribution in [0.5, 0.6) is 0 Å². The van der Waals surface area contributed by atoms with Crippen LogP contribution in [0, 0.1) is 13.8 Å². The molecule has 0 atom stereocenters. The number of aromatic nitrogens is 2. The highest BCUT2D eigenvalue weighted by molar-refractivity contribution is 7.92. The van der Waals surface area contributed by atoms with Crippen LogP contribution in [0.1, 0.15) is 17.0 Å². The average Bonchev–Trinajstić information content (AvgIpc) is 3.32. The standard InChI is InChI=1S/C19H22N4O4S2/c1-13-7-5-8-15(14(13)2)23(29(4,25)26)12-18(24)22(3)11-17-20-19(21-27-17)16-9-6-10-28-16/h5-10H,11-12H2,1-4H3. The van der Waals surface area contributed by atoms with E-state index in [-0.39, 0.29) is 24.9 Å². The molecule has 0 saturated heterocycles. The van der Waals surface area contributed by atoms with Gasteiger partial charge in [-0.25, -0.2) is 8.42 Å². The van der Waals surface area contributed by atoms with Gasteiger partial charge in [-0.1, -0.05) is 23.4 Å². The van der Waals surface area contributed by atoms with Crippen LogP contribution in [0.4, 0.5) is 5.69 Å². The van der Waals surface area contributed by atoms with E-state index in [2.05, 4.69) is 10.1 Å². The van der Waals surface area contributed by atoms with Crippen molar-refractivity contribution >= 4 is 33.0 Å². The van der Waals surface area contributed by atoms with E-state index in [1.807, 2.05) is 37.4 Å². The van der Waals surface area contributed by atoms with Gasteiger partial charge < -0.3 is 9.42 Å². The first-order valence-corrected chi connectivity index (χ1v) is 11.5. The van der Waals surface area contributed by atoms with Crippen molar-refractivity contribution in [1.29, 1.82) is 0 Å². The van der Waals surface area contributed by atoms with Gasteiger partial charge in [-0.05, 0) is 42.5 Å². The average molecular weight is 435 g/mol. The van der Waals surface area contributed by atoms with Crippen LogP contribution in [0.15, 0.2) is 40.2 Å². The van der Waals surface area contributed by atoms with Gasteiger partial charge in [0, 0.05) is 7.05 Å². The summed E-state index contributed by atoms with van der Waals surface area (Å²) in [6, 6.07) is 9.13. The molecule has 0 bridgehead atoms. The zero-order chi connectivity index (χ0) is 21.2. The number of anilines is 1. The van der Waals surface area contributed by atoms with Gasteiger partial charge in [-0.15, -0.1) is 11.3 Å². The summed E-state index contributed by atoms with van der Waals surface area (Å²) in [6.45, 7) is 3.50. The number of hydrogen-bond acceptors (Lipinski definition) is 7. The molecule has 1 amide bonds. The number of aryl methyl sites for hydroxylation is 1. The molecule has 8 nitrogen and oxygen atoms in total. The first-order valence-electron chi connectivity index (χ1n) is 8.81. The Morgan fingerprint density at radius 2 is 1.97 bits per heavy atom. The Morgan fingerprint density at radius 1 is 1.21 bits per heavy atom. The number of hydrogen-bond donors (Lipinski definition) is 0. The molecule has 0 radical (unpaired) electrons. The molecule has 0 unspecified atom stereocenters. The molecule has 2 heterocycles. The van der Waals surface area contributed by atoms with Crippen LogP contribution in [0.25, 0.3) is 10.7 Å². The molecular weight excluding hydrogens is 412 g/mol. The molecule has 10 heteroatoms. The third-order valence-electron chi connectivity index (χ3n) is 4.53. The van der Waals surface area contributed by atoms with E-state index in [4.69, 9.17) is 4.52 Å². The number of rotatable bonds is 7. The number of likely N-dealkylation sites (N-methyl/N-ethyl adjacent to an activating group) is 1. The molecule has 3 aromatic rings. The SMILES string of the molecule is Cc1cccc(N(CC(=O)N(C)Cc2nc(-c3cccs3)no2)S(C)(=O)=O)c1C. The maximum absolute atomic E-state index is 12.7. The Morgan fingerprint density at radius 3 is 2.62 bits per heavy atom. The van der Waals surface area contributed by atoms with Crippen molar-refractivity contribution in [3.63, 3.8) is 0 Å². The number of carbonyl (C=O) groups excluding carboxylic acids is 1. The molecule has 2 aromatic heterocycles. The second-order valence-electron chi connectivity index (χ2n) is 6.73. The summed E-state index contributed by atoms with van der Waals surface area (Å²) in [5, 5.41) is 5.83. The molecule has 154 valence electrons. The van der Waals surface area contributed by atoms with Crippen molar-refractivity contribution in [1.82, 2.24) is 15.0 Å². The molecule has 0 aliphatic heterocycles. The summed E-state index contributed by atoms with van der Waals surface area (Å²) in [7, 11) is -2.08. The predicted octanol–water partition coefficient (Wildman–Crippen LogP) is 2.84. The van der Waals surface area contributed by atoms with E-state index >= 15 is 0 Å². The number of nitrogens with zero attached hydrogens (tertiary/aromatic N) is 4. The third-order valence-corrected chi connectivity index (χ3v) is 6.52. The third kappa shape index (κ3) is 4.83. The van der Waals surface area contributed by atoms with E-state index in [0.717, 1.165) is 26.6 Å². The quantitative estimate of drug-likeness (QED) is 0.567. The fourth-order valence-electron chi connectivity index (χ4n) is 2.75. The highest BCUT2D eigenvalue weighted by Crippen LogP contribution is 2.25. The molecule has 0 N–H and O–H groups in total. The lowest BCUT2D eigenvalue weighted by Gasteiger charge is -2.26. The highest BCUT2D eigenvalue weighted by atomic mass is 32.2. The van der Waals surface area contributed by atoms with E-state index in [0.29, 0.717) is 11.5 Å². The number of carbonyl (C=O) groups is 1. The van der Waals surface area contributed by atoms with Crippen molar-refractivity contribution in [3.05, 3.63) is 52.7 Å². The molecule has 3 rings (SSSR count). The summed E-state index contributed by atoms with van der Waals surface area (Å²) < 4.78 is 31.1. The van der Waals surface area contributed by atoms with Gasteiger partial charge in [0.05, 0.1) is 23.4 Å². The van der Waals surface area contributed by atoms with Crippen molar-refractivity contribution in [2.75, 3.05) is 24.2 Å². The fourth-order valence-corrected chi connectivity index (χ4v) is 4.30. The van der Waals surface area contributed by atoms with Crippen LogP contribution >= 0.6 is 11.3 Å². The second kappa shape index (κ2) is 8.34. The topological polar surface area (TPSA) is 96.6 Å². The van der Waals surface area contributed by atoms with Gasteiger partial charge in [-0.3, -0.25) is 9.10 Å². The van der Waals surface area contributed by atoms with Crippen molar-refractivity contribution in [2.24, 2.45) is 0 Å². The van der Waals surface area contributed by atoms with E-state index in [9.17, 15) is 13.2 Å². The largest absolute Gasteiger partial charge is 0.337 e. The first kappa shape index (κ1) is 21.0. The van der Waals surface area contributed by atoms with Crippen LogP contribution in [-0.2, 0) is 21.4 Å². The molecule has 0 aliphatic carbocycles. The Labute approximate surface area is 173 Å². The van der Waals surface area contributed by atoms with Crippen LogP contribution in [0.2, 0.25) is 0 Å². The Hall–Kier alpha value is -2.72. The maximum atomic E-state index is 12.7. The molecule has 0 saturated carbocycles. The van der Waals surface area contributed by atoms with Crippen molar-refractivity contribution < 1.29 is 17.7 Å². The summed E-state index contributed by atoms with van der Waals surface area (Å²) >= 11 is 1.49. The zero-order valence-electron chi connectivity index (χ0n) is 16.6.